The molecular formula is C19H20F2N2O2. The maximum absolute atomic E-state index is 13.9. The van der Waals surface area contributed by atoms with Gasteiger partial charge in [0, 0.05) is 26.1 Å². The normalized spacial score (nSPS) is 10.4. The molecule has 0 aliphatic carbocycles. The van der Waals surface area contributed by atoms with Crippen LogP contribution in [0, 0.1) is 18.6 Å². The van der Waals surface area contributed by atoms with Crippen molar-refractivity contribution in [3.63, 3.8) is 0 Å². The Morgan fingerprint density at radius 2 is 1.84 bits per heavy atom. The largest absolute Gasteiger partial charge is 0.354 e. The summed E-state index contributed by atoms with van der Waals surface area (Å²) in [6.07, 6.45) is 0.234. The lowest BCUT2D eigenvalue weighted by atomic mass is 10.1. The molecule has 2 rings (SSSR count). The molecule has 0 atom stereocenters. The molecule has 2 aromatic rings. The smallest absolute Gasteiger partial charge is 0.224 e. The van der Waals surface area contributed by atoms with Gasteiger partial charge in [0.2, 0.25) is 11.8 Å². The quantitative estimate of drug-likeness (QED) is 0.874. The van der Waals surface area contributed by atoms with Crippen molar-refractivity contribution in [3.05, 3.63) is 65.2 Å². The topological polar surface area (TPSA) is 49.4 Å². The summed E-state index contributed by atoms with van der Waals surface area (Å²) in [5, 5.41) is 2.71. The van der Waals surface area contributed by atoms with Gasteiger partial charge in [-0.15, -0.1) is 0 Å². The summed E-state index contributed by atoms with van der Waals surface area (Å²) >= 11 is 0. The van der Waals surface area contributed by atoms with E-state index in [1.807, 2.05) is 31.2 Å². The van der Waals surface area contributed by atoms with Gasteiger partial charge in [-0.05, 0) is 30.2 Å². The number of anilines is 1. The van der Waals surface area contributed by atoms with Crippen molar-refractivity contribution in [1.82, 2.24) is 5.32 Å². The summed E-state index contributed by atoms with van der Waals surface area (Å²) in [4.78, 5) is 24.9. The zero-order valence-corrected chi connectivity index (χ0v) is 14.2. The first-order valence-electron chi connectivity index (χ1n) is 7.93. The summed E-state index contributed by atoms with van der Waals surface area (Å²) in [6.45, 7) is 3.48. The highest BCUT2D eigenvalue weighted by atomic mass is 19.1. The molecule has 132 valence electrons. The molecule has 0 fully saturated rings. The number of hydrogen-bond donors (Lipinski definition) is 1. The molecule has 0 aromatic heterocycles. The number of aryl methyl sites for hydroxylation is 1. The van der Waals surface area contributed by atoms with Crippen LogP contribution in [-0.2, 0) is 16.0 Å². The monoisotopic (exact) mass is 346 g/mol. The van der Waals surface area contributed by atoms with Gasteiger partial charge < -0.3 is 10.2 Å². The van der Waals surface area contributed by atoms with E-state index in [0.717, 1.165) is 23.3 Å². The minimum absolute atomic E-state index is 0.0120. The molecule has 25 heavy (non-hydrogen) atoms. The van der Waals surface area contributed by atoms with Gasteiger partial charge in [-0.3, -0.25) is 9.59 Å². The van der Waals surface area contributed by atoms with Crippen molar-refractivity contribution in [2.24, 2.45) is 0 Å². The zero-order chi connectivity index (χ0) is 18.4. The summed E-state index contributed by atoms with van der Waals surface area (Å²) in [7, 11) is 0. The average Bonchev–Trinajstić information content (AvgIpc) is 2.54. The Morgan fingerprint density at radius 3 is 2.48 bits per heavy atom. The van der Waals surface area contributed by atoms with Crippen LogP contribution >= 0.6 is 0 Å². The predicted molar refractivity (Wildman–Crippen MR) is 92.3 cm³/mol. The fourth-order valence-corrected chi connectivity index (χ4v) is 2.50. The van der Waals surface area contributed by atoms with E-state index in [-0.39, 0.29) is 31.1 Å². The maximum Gasteiger partial charge on any atom is 0.224 e. The highest BCUT2D eigenvalue weighted by molar-refractivity contribution is 5.91. The minimum Gasteiger partial charge on any atom is -0.354 e. The van der Waals surface area contributed by atoms with Crippen molar-refractivity contribution in [2.75, 3.05) is 18.0 Å². The van der Waals surface area contributed by atoms with Crippen LogP contribution in [0.3, 0.4) is 0 Å². The molecule has 0 saturated heterocycles. The number of hydrogen-bond acceptors (Lipinski definition) is 2. The third-order valence-corrected chi connectivity index (χ3v) is 3.85. The van der Waals surface area contributed by atoms with Gasteiger partial charge >= 0.3 is 0 Å². The van der Waals surface area contributed by atoms with Crippen LogP contribution in [0.4, 0.5) is 14.5 Å². The van der Waals surface area contributed by atoms with Crippen LogP contribution in [0.2, 0.25) is 0 Å². The van der Waals surface area contributed by atoms with Gasteiger partial charge in [0.1, 0.15) is 11.6 Å². The molecule has 0 aliphatic heterocycles. The van der Waals surface area contributed by atoms with Crippen LogP contribution in [0.5, 0.6) is 0 Å². The van der Waals surface area contributed by atoms with Crippen molar-refractivity contribution in [2.45, 2.75) is 20.3 Å². The molecule has 0 saturated carbocycles. The van der Waals surface area contributed by atoms with Crippen LogP contribution in [-0.4, -0.2) is 24.9 Å². The Kier molecular flexibility index (Phi) is 6.22. The number of nitrogens with zero attached hydrogens (tertiary/aromatic N) is 1. The van der Waals surface area contributed by atoms with Gasteiger partial charge in [-0.1, -0.05) is 24.3 Å². The standard InChI is InChI=1S/C19H20F2N2O2/c1-13-5-3-4-6-15(13)11-19(25)22-9-10-23(14(2)24)18-8-7-16(20)12-17(18)21/h3-8,12H,9-11H2,1-2H3,(H,22,25). The predicted octanol–water partition coefficient (Wildman–Crippen LogP) is 2.99. The highest BCUT2D eigenvalue weighted by Gasteiger charge is 2.16. The average molecular weight is 346 g/mol. The third-order valence-electron chi connectivity index (χ3n) is 3.85. The fourth-order valence-electron chi connectivity index (χ4n) is 2.50. The van der Waals surface area contributed by atoms with E-state index in [1.54, 1.807) is 0 Å². The Bertz CT molecular complexity index is 778. The third kappa shape index (κ3) is 5.11. The minimum atomic E-state index is -0.818. The molecule has 0 aliphatic rings. The van der Waals surface area contributed by atoms with E-state index in [2.05, 4.69) is 5.32 Å². The Morgan fingerprint density at radius 1 is 1.12 bits per heavy atom. The van der Waals surface area contributed by atoms with Crippen molar-refractivity contribution in [3.8, 4) is 0 Å². The molecular weight excluding hydrogens is 326 g/mol. The first-order chi connectivity index (χ1) is 11.9. The lowest BCUT2D eigenvalue weighted by Gasteiger charge is -2.22. The van der Waals surface area contributed by atoms with Crippen molar-refractivity contribution in [1.29, 1.82) is 0 Å². The van der Waals surface area contributed by atoms with Crippen LogP contribution < -0.4 is 10.2 Å². The SMILES string of the molecule is CC(=O)N(CCNC(=O)Cc1ccccc1C)c1ccc(F)cc1F. The number of halogens is 2. The number of rotatable bonds is 6. The van der Waals surface area contributed by atoms with Gasteiger partial charge in [-0.25, -0.2) is 8.78 Å². The van der Waals surface area contributed by atoms with E-state index in [1.165, 1.54) is 17.9 Å². The number of amides is 2. The van der Waals surface area contributed by atoms with Gasteiger partial charge in [-0.2, -0.15) is 0 Å². The highest BCUT2D eigenvalue weighted by Crippen LogP contribution is 2.20. The first-order valence-corrected chi connectivity index (χ1v) is 7.93. The number of carbonyl (C=O) groups excluding carboxylic acids is 2. The molecule has 0 radical (unpaired) electrons. The number of benzene rings is 2. The Labute approximate surface area is 145 Å². The number of nitrogens with one attached hydrogen (secondary N) is 1. The van der Waals surface area contributed by atoms with Crippen molar-refractivity contribution < 1.29 is 18.4 Å². The Hall–Kier alpha value is -2.76. The van der Waals surface area contributed by atoms with E-state index in [9.17, 15) is 18.4 Å². The number of carbonyl (C=O) groups is 2. The lowest BCUT2D eigenvalue weighted by Crippen LogP contribution is -2.38. The summed E-state index contributed by atoms with van der Waals surface area (Å²) in [5.41, 5.74) is 1.94. The van der Waals surface area contributed by atoms with Crippen molar-refractivity contribution >= 4 is 17.5 Å². The van der Waals surface area contributed by atoms with Gasteiger partial charge in [0.05, 0.1) is 12.1 Å². The molecule has 1 N–H and O–H groups in total. The molecule has 2 aromatic carbocycles. The van der Waals surface area contributed by atoms with E-state index < -0.39 is 17.5 Å². The van der Waals surface area contributed by atoms with Gasteiger partial charge in [0.15, 0.2) is 0 Å². The summed E-state index contributed by atoms with van der Waals surface area (Å²) < 4.78 is 26.9. The summed E-state index contributed by atoms with van der Waals surface area (Å²) in [5.74, 6) is -2.10. The summed E-state index contributed by atoms with van der Waals surface area (Å²) in [6, 6.07) is 10.6. The van der Waals surface area contributed by atoms with E-state index >= 15 is 0 Å². The molecule has 6 heteroatoms. The molecule has 0 unspecified atom stereocenters. The first kappa shape index (κ1) is 18.6. The lowest BCUT2D eigenvalue weighted by molar-refractivity contribution is -0.121. The van der Waals surface area contributed by atoms with Crippen LogP contribution in [0.25, 0.3) is 0 Å². The van der Waals surface area contributed by atoms with E-state index in [0.29, 0.717) is 0 Å². The molecule has 0 heterocycles. The Balaban J connectivity index is 1.94. The van der Waals surface area contributed by atoms with Crippen LogP contribution in [0.1, 0.15) is 18.1 Å². The van der Waals surface area contributed by atoms with Gasteiger partial charge in [0.25, 0.3) is 0 Å². The maximum atomic E-state index is 13.9. The molecule has 0 bridgehead atoms. The van der Waals surface area contributed by atoms with Crippen LogP contribution in [0.15, 0.2) is 42.5 Å². The fraction of sp³-hybridized carbons (Fsp3) is 0.263. The molecule has 0 spiro atoms. The second-order valence-electron chi connectivity index (χ2n) is 5.72. The zero-order valence-electron chi connectivity index (χ0n) is 14.2. The second-order valence-corrected chi connectivity index (χ2v) is 5.72. The second kappa shape index (κ2) is 8.37. The molecule has 2 amide bonds. The van der Waals surface area contributed by atoms with E-state index in [4.69, 9.17) is 0 Å². The molecule has 4 nitrogen and oxygen atoms in total.